The molecule has 0 bridgehead atoms. The number of nitrogens with one attached hydrogen (secondary N) is 1. The molecule has 1 aromatic carbocycles. The third-order valence-electron chi connectivity index (χ3n) is 2.30. The summed E-state index contributed by atoms with van der Waals surface area (Å²) in [6, 6.07) is 7.18. The number of nitrogens with zero attached hydrogens (tertiary/aromatic N) is 2. The number of anilines is 1. The van der Waals surface area contributed by atoms with Gasteiger partial charge in [0.15, 0.2) is 0 Å². The zero-order valence-corrected chi connectivity index (χ0v) is 9.30. The summed E-state index contributed by atoms with van der Waals surface area (Å²) in [4.78, 5) is 10.6. The lowest BCUT2D eigenvalue weighted by molar-refractivity contribution is 0.0696. The first-order chi connectivity index (χ1) is 8.66. The number of carbonyl (C=O) groups is 1. The molecule has 6 heteroatoms. The summed E-state index contributed by atoms with van der Waals surface area (Å²) < 4.78 is 13.6. The summed E-state index contributed by atoms with van der Waals surface area (Å²) in [5.74, 6) is -1.77. The average molecular weight is 247 g/mol. The molecule has 0 aliphatic carbocycles. The average Bonchev–Trinajstić information content (AvgIpc) is 2.38. The van der Waals surface area contributed by atoms with Crippen molar-refractivity contribution in [2.24, 2.45) is 0 Å². The fourth-order valence-corrected chi connectivity index (χ4v) is 1.40. The van der Waals surface area contributed by atoms with Crippen molar-refractivity contribution in [1.29, 1.82) is 0 Å². The second-order valence-corrected chi connectivity index (χ2v) is 3.57. The summed E-state index contributed by atoms with van der Waals surface area (Å²) in [5.41, 5.74) is 0.808. The van der Waals surface area contributed by atoms with Crippen LogP contribution < -0.4 is 5.32 Å². The van der Waals surface area contributed by atoms with Crippen LogP contribution in [0.3, 0.4) is 0 Å². The number of aromatic carboxylic acids is 1. The first kappa shape index (κ1) is 12.0. The number of carboxylic acid groups (broad SMARTS) is 1. The first-order valence-corrected chi connectivity index (χ1v) is 5.20. The minimum absolute atomic E-state index is 0.0856. The fraction of sp³-hybridized carbons (Fsp3) is 0.0833. The topological polar surface area (TPSA) is 75.1 Å². The number of rotatable bonds is 4. The van der Waals surface area contributed by atoms with E-state index in [-0.39, 0.29) is 11.3 Å². The molecule has 2 rings (SSSR count). The Bertz CT molecular complexity index is 561. The van der Waals surface area contributed by atoms with E-state index in [4.69, 9.17) is 5.11 Å². The van der Waals surface area contributed by atoms with Crippen molar-refractivity contribution in [3.05, 3.63) is 53.6 Å². The molecule has 0 aliphatic rings. The number of hydrogen-bond donors (Lipinski definition) is 2. The van der Waals surface area contributed by atoms with Gasteiger partial charge in [-0.2, -0.15) is 10.2 Å². The van der Waals surface area contributed by atoms with Crippen LogP contribution in [0, 0.1) is 5.82 Å². The van der Waals surface area contributed by atoms with Crippen LogP contribution in [0.25, 0.3) is 0 Å². The molecule has 0 saturated carbocycles. The molecule has 0 radical (unpaired) electrons. The Morgan fingerprint density at radius 3 is 2.83 bits per heavy atom. The van der Waals surface area contributed by atoms with Gasteiger partial charge in [-0.05, 0) is 30.3 Å². The Hall–Kier alpha value is -2.50. The van der Waals surface area contributed by atoms with E-state index in [0.717, 1.165) is 6.07 Å². The number of benzene rings is 1. The Morgan fingerprint density at radius 2 is 2.22 bits per heavy atom. The molecule has 0 fully saturated rings. The molecule has 0 unspecified atom stereocenters. The van der Waals surface area contributed by atoms with E-state index in [1.54, 1.807) is 18.3 Å². The second-order valence-electron chi connectivity index (χ2n) is 3.57. The van der Waals surface area contributed by atoms with Gasteiger partial charge in [0, 0.05) is 6.20 Å². The molecule has 0 atom stereocenters. The van der Waals surface area contributed by atoms with Crippen LogP contribution in [-0.4, -0.2) is 21.3 Å². The predicted octanol–water partition coefficient (Wildman–Crippen LogP) is 1.93. The van der Waals surface area contributed by atoms with Crippen LogP contribution in [0.4, 0.5) is 10.1 Å². The maximum absolute atomic E-state index is 13.6. The van der Waals surface area contributed by atoms with Crippen LogP contribution in [0.1, 0.15) is 16.1 Å². The smallest absolute Gasteiger partial charge is 0.335 e. The summed E-state index contributed by atoms with van der Waals surface area (Å²) in [5, 5.41) is 19.1. The third kappa shape index (κ3) is 2.79. The zero-order valence-electron chi connectivity index (χ0n) is 9.30. The van der Waals surface area contributed by atoms with E-state index >= 15 is 0 Å². The maximum Gasteiger partial charge on any atom is 0.335 e. The van der Waals surface area contributed by atoms with Gasteiger partial charge in [0.25, 0.3) is 0 Å². The van der Waals surface area contributed by atoms with E-state index in [2.05, 4.69) is 15.5 Å². The largest absolute Gasteiger partial charge is 0.478 e. The lowest BCUT2D eigenvalue weighted by atomic mass is 10.2. The van der Waals surface area contributed by atoms with Gasteiger partial charge >= 0.3 is 5.97 Å². The Labute approximate surface area is 102 Å². The van der Waals surface area contributed by atoms with Crippen LogP contribution >= 0.6 is 0 Å². The quantitative estimate of drug-likeness (QED) is 0.863. The lowest BCUT2D eigenvalue weighted by Crippen LogP contribution is -2.05. The molecule has 2 aromatic rings. The highest BCUT2D eigenvalue weighted by atomic mass is 19.1. The fourth-order valence-electron chi connectivity index (χ4n) is 1.40. The lowest BCUT2D eigenvalue weighted by Gasteiger charge is -2.07. The standard InChI is InChI=1S/C12H10FN3O2/c13-10-6-8(12(17)18)3-4-11(10)14-7-9-2-1-5-15-16-9/h1-6,14H,7H2,(H,17,18). The molecular formula is C12H10FN3O2. The molecule has 0 saturated heterocycles. The molecule has 1 aromatic heterocycles. The molecule has 2 N–H and O–H groups in total. The zero-order chi connectivity index (χ0) is 13.0. The van der Waals surface area contributed by atoms with Gasteiger partial charge in [-0.1, -0.05) is 0 Å². The molecule has 18 heavy (non-hydrogen) atoms. The molecule has 1 heterocycles. The first-order valence-electron chi connectivity index (χ1n) is 5.20. The Balaban J connectivity index is 2.08. The van der Waals surface area contributed by atoms with Gasteiger partial charge in [0.2, 0.25) is 0 Å². The van der Waals surface area contributed by atoms with Crippen molar-refractivity contribution < 1.29 is 14.3 Å². The highest BCUT2D eigenvalue weighted by Crippen LogP contribution is 2.16. The summed E-state index contributed by atoms with van der Waals surface area (Å²) >= 11 is 0. The van der Waals surface area contributed by atoms with Crippen molar-refractivity contribution >= 4 is 11.7 Å². The van der Waals surface area contributed by atoms with E-state index in [1.807, 2.05) is 0 Å². The minimum Gasteiger partial charge on any atom is -0.478 e. The Kier molecular flexibility index (Phi) is 3.47. The van der Waals surface area contributed by atoms with Gasteiger partial charge in [-0.15, -0.1) is 0 Å². The van der Waals surface area contributed by atoms with Crippen LogP contribution in [0.15, 0.2) is 36.5 Å². The molecule has 5 nitrogen and oxygen atoms in total. The van der Waals surface area contributed by atoms with Crippen molar-refractivity contribution in [3.63, 3.8) is 0 Å². The number of aromatic nitrogens is 2. The number of carboxylic acids is 1. The van der Waals surface area contributed by atoms with E-state index in [1.165, 1.54) is 12.1 Å². The molecule has 0 amide bonds. The van der Waals surface area contributed by atoms with E-state index < -0.39 is 11.8 Å². The SMILES string of the molecule is O=C(O)c1ccc(NCc2cccnn2)c(F)c1. The summed E-state index contributed by atoms with van der Waals surface area (Å²) in [6.45, 7) is 0.317. The van der Waals surface area contributed by atoms with Gasteiger partial charge in [-0.25, -0.2) is 9.18 Å². The van der Waals surface area contributed by atoms with Crippen molar-refractivity contribution in [3.8, 4) is 0 Å². The second kappa shape index (κ2) is 5.22. The van der Waals surface area contributed by atoms with Gasteiger partial charge < -0.3 is 10.4 Å². The van der Waals surface area contributed by atoms with Crippen molar-refractivity contribution in [2.45, 2.75) is 6.54 Å². The molecule has 0 spiro atoms. The van der Waals surface area contributed by atoms with E-state index in [0.29, 0.717) is 12.2 Å². The van der Waals surface area contributed by atoms with Crippen molar-refractivity contribution in [1.82, 2.24) is 10.2 Å². The van der Waals surface area contributed by atoms with Gasteiger partial charge in [-0.3, -0.25) is 0 Å². The highest BCUT2D eigenvalue weighted by molar-refractivity contribution is 5.88. The highest BCUT2D eigenvalue weighted by Gasteiger charge is 2.08. The normalized spacial score (nSPS) is 10.1. The number of halogens is 1. The molecule has 92 valence electrons. The van der Waals surface area contributed by atoms with Crippen LogP contribution in [0.2, 0.25) is 0 Å². The molecular weight excluding hydrogens is 237 g/mol. The molecule has 0 aliphatic heterocycles. The summed E-state index contributed by atoms with van der Waals surface area (Å²) in [7, 11) is 0. The van der Waals surface area contributed by atoms with Gasteiger partial charge in [0.05, 0.1) is 23.5 Å². The minimum atomic E-state index is -1.16. The van der Waals surface area contributed by atoms with E-state index in [9.17, 15) is 9.18 Å². The van der Waals surface area contributed by atoms with Crippen molar-refractivity contribution in [2.75, 3.05) is 5.32 Å². The van der Waals surface area contributed by atoms with Crippen LogP contribution in [0.5, 0.6) is 0 Å². The van der Waals surface area contributed by atoms with Gasteiger partial charge in [0.1, 0.15) is 5.82 Å². The summed E-state index contributed by atoms with van der Waals surface area (Å²) in [6.07, 6.45) is 1.55. The Morgan fingerprint density at radius 1 is 1.39 bits per heavy atom. The number of hydrogen-bond acceptors (Lipinski definition) is 4. The van der Waals surface area contributed by atoms with Crippen LogP contribution in [-0.2, 0) is 6.54 Å². The third-order valence-corrected chi connectivity index (χ3v) is 2.30. The maximum atomic E-state index is 13.6. The predicted molar refractivity (Wildman–Crippen MR) is 62.7 cm³/mol. The monoisotopic (exact) mass is 247 g/mol.